The Morgan fingerprint density at radius 2 is 1.72 bits per heavy atom. The number of aliphatic imine (C=N–C) groups is 1. The molecule has 0 spiro atoms. The van der Waals surface area contributed by atoms with E-state index in [4.69, 9.17) is 0 Å². The highest BCUT2D eigenvalue weighted by Gasteiger charge is 2.02. The summed E-state index contributed by atoms with van der Waals surface area (Å²) in [6, 6.07) is 8.23. The monoisotopic (exact) mass is 498 g/mol. The van der Waals surface area contributed by atoms with E-state index in [1.165, 1.54) is 9.75 Å². The minimum atomic E-state index is 0.725. The van der Waals surface area contributed by atoms with Crippen LogP contribution in [0.5, 0.6) is 0 Å². The molecule has 0 fully saturated rings. The van der Waals surface area contributed by atoms with E-state index in [1.807, 2.05) is 24.3 Å². The molecule has 2 N–H and O–H groups in total. The second-order valence-corrected chi connectivity index (χ2v) is 10.1. The Balaban J connectivity index is 1.75. The van der Waals surface area contributed by atoms with Crippen LogP contribution in [0.15, 0.2) is 54.1 Å². The molecule has 0 unspecified atom stereocenters. The summed E-state index contributed by atoms with van der Waals surface area (Å²) in [5, 5.41) is 7.68. The van der Waals surface area contributed by atoms with E-state index < -0.39 is 0 Å². The third-order valence-electron chi connectivity index (χ3n) is 3.21. The molecule has 0 saturated heterocycles. The average molecular weight is 500 g/mol. The van der Waals surface area contributed by atoms with Crippen LogP contribution in [-0.4, -0.2) is 24.8 Å². The van der Waals surface area contributed by atoms with Crippen molar-refractivity contribution >= 4 is 78.4 Å². The molecule has 1 aliphatic rings. The Bertz CT molecular complexity index is 781. The van der Waals surface area contributed by atoms with E-state index in [1.54, 1.807) is 22.7 Å². The lowest BCUT2D eigenvalue weighted by atomic mass is 10.2. The van der Waals surface area contributed by atoms with Gasteiger partial charge in [0.15, 0.2) is 0 Å². The van der Waals surface area contributed by atoms with Gasteiger partial charge in [0.25, 0.3) is 0 Å². The number of hydrogen-bond donors (Lipinski definition) is 2. The number of rotatable bonds is 5. The second kappa shape index (κ2) is 9.47. The zero-order valence-electron chi connectivity index (χ0n) is 13.2. The van der Waals surface area contributed by atoms with Crippen LogP contribution < -0.4 is 10.7 Å². The van der Waals surface area contributed by atoms with Crippen molar-refractivity contribution in [1.29, 1.82) is 0 Å². The normalized spacial score (nSPS) is 14.6. The topological polar surface area (TPSA) is 48.8 Å². The molecular formula is C17H16Br2N4S2. The van der Waals surface area contributed by atoms with E-state index in [-0.39, 0.29) is 0 Å². The fourth-order valence-electron chi connectivity index (χ4n) is 2.03. The standard InChI is InChI=1S/C17H16Br2N4S2/c18-15-8-6-13(24-15)4-2-12(3-5-14-7-9-16(19)25-14)22-23-17-20-10-1-11-21-17/h2-9H,1,10-11H2,(H2,20,21,23)/b4-2+,5-3+. The van der Waals surface area contributed by atoms with Crippen LogP contribution in [0.4, 0.5) is 0 Å². The van der Waals surface area contributed by atoms with Crippen LogP contribution in [0.3, 0.4) is 0 Å². The lowest BCUT2D eigenvalue weighted by Crippen LogP contribution is -2.38. The number of thiophene rings is 2. The molecule has 0 saturated carbocycles. The number of hydrogen-bond acceptors (Lipinski definition) is 6. The molecule has 8 heteroatoms. The quantitative estimate of drug-likeness (QED) is 0.430. The highest BCUT2D eigenvalue weighted by Crippen LogP contribution is 2.24. The number of allylic oxidation sites excluding steroid dienone is 2. The molecule has 0 aromatic carbocycles. The summed E-state index contributed by atoms with van der Waals surface area (Å²) in [6.45, 7) is 1.76. The molecule has 0 amide bonds. The molecule has 130 valence electrons. The fourth-order valence-corrected chi connectivity index (χ4v) is 4.68. The maximum atomic E-state index is 4.48. The Labute approximate surface area is 171 Å². The minimum Gasteiger partial charge on any atom is -0.355 e. The summed E-state index contributed by atoms with van der Waals surface area (Å²) in [6.07, 6.45) is 9.16. The van der Waals surface area contributed by atoms with Crippen molar-refractivity contribution in [1.82, 2.24) is 10.7 Å². The lowest BCUT2D eigenvalue weighted by molar-refractivity contribution is 0.711. The fraction of sp³-hybridized carbons (Fsp3) is 0.176. The van der Waals surface area contributed by atoms with Gasteiger partial charge in [0, 0.05) is 22.8 Å². The summed E-state index contributed by atoms with van der Waals surface area (Å²) in [7, 11) is 0. The molecule has 0 aliphatic carbocycles. The van der Waals surface area contributed by atoms with Crippen molar-refractivity contribution in [2.45, 2.75) is 6.42 Å². The van der Waals surface area contributed by atoms with Crippen LogP contribution >= 0.6 is 54.5 Å². The number of guanidine groups is 1. The van der Waals surface area contributed by atoms with Crippen LogP contribution in [-0.2, 0) is 0 Å². The Kier molecular flexibility index (Phi) is 7.03. The van der Waals surface area contributed by atoms with E-state index in [2.05, 4.69) is 77.0 Å². The molecule has 0 atom stereocenters. The van der Waals surface area contributed by atoms with Gasteiger partial charge in [-0.05, 0) is 86.9 Å². The molecule has 2 aromatic rings. The third kappa shape index (κ3) is 6.22. The van der Waals surface area contributed by atoms with Gasteiger partial charge in [0.1, 0.15) is 0 Å². The van der Waals surface area contributed by atoms with Gasteiger partial charge in [-0.3, -0.25) is 4.99 Å². The van der Waals surface area contributed by atoms with E-state index >= 15 is 0 Å². The van der Waals surface area contributed by atoms with Crippen LogP contribution in [0, 0.1) is 0 Å². The van der Waals surface area contributed by atoms with Gasteiger partial charge in [-0.25, -0.2) is 5.43 Å². The molecule has 25 heavy (non-hydrogen) atoms. The predicted molar refractivity (Wildman–Crippen MR) is 118 cm³/mol. The predicted octanol–water partition coefficient (Wildman–Crippen LogP) is 5.36. The first kappa shape index (κ1) is 18.6. The van der Waals surface area contributed by atoms with Crippen molar-refractivity contribution in [3.63, 3.8) is 0 Å². The summed E-state index contributed by atoms with van der Waals surface area (Å²) in [4.78, 5) is 6.71. The van der Waals surface area contributed by atoms with Gasteiger partial charge >= 0.3 is 0 Å². The lowest BCUT2D eigenvalue weighted by Gasteiger charge is -2.13. The van der Waals surface area contributed by atoms with Crippen molar-refractivity contribution in [2.24, 2.45) is 10.1 Å². The first-order valence-electron chi connectivity index (χ1n) is 7.68. The first-order valence-corrected chi connectivity index (χ1v) is 10.9. The molecule has 0 bridgehead atoms. The SMILES string of the molecule is Brc1ccc(/C=C/C(/C=C/c2ccc(Br)s2)=NNC2=NCCCN2)s1. The van der Waals surface area contributed by atoms with Gasteiger partial charge in [-0.2, -0.15) is 5.10 Å². The highest BCUT2D eigenvalue weighted by molar-refractivity contribution is 9.11. The number of nitrogens with zero attached hydrogens (tertiary/aromatic N) is 2. The zero-order chi connectivity index (χ0) is 17.5. The van der Waals surface area contributed by atoms with Crippen LogP contribution in [0.25, 0.3) is 12.2 Å². The van der Waals surface area contributed by atoms with Crippen LogP contribution in [0.2, 0.25) is 0 Å². The minimum absolute atomic E-state index is 0.725. The Hall–Kier alpha value is -1.22. The molecule has 4 nitrogen and oxygen atoms in total. The maximum absolute atomic E-state index is 4.48. The summed E-state index contributed by atoms with van der Waals surface area (Å²) in [5.74, 6) is 0.725. The molecule has 3 rings (SSSR count). The van der Waals surface area contributed by atoms with Gasteiger partial charge < -0.3 is 5.32 Å². The molecule has 3 heterocycles. The van der Waals surface area contributed by atoms with Crippen molar-refractivity contribution in [2.75, 3.05) is 13.1 Å². The zero-order valence-corrected chi connectivity index (χ0v) is 18.0. The van der Waals surface area contributed by atoms with Gasteiger partial charge in [0.2, 0.25) is 5.96 Å². The van der Waals surface area contributed by atoms with E-state index in [0.29, 0.717) is 0 Å². The Morgan fingerprint density at radius 1 is 1.08 bits per heavy atom. The van der Waals surface area contributed by atoms with Gasteiger partial charge in [-0.1, -0.05) is 0 Å². The largest absolute Gasteiger partial charge is 0.355 e. The summed E-state index contributed by atoms with van der Waals surface area (Å²) < 4.78 is 2.23. The maximum Gasteiger partial charge on any atom is 0.212 e. The van der Waals surface area contributed by atoms with Gasteiger partial charge in [-0.15, -0.1) is 22.7 Å². The van der Waals surface area contributed by atoms with Crippen LogP contribution in [0.1, 0.15) is 16.2 Å². The second-order valence-electron chi connectivity index (χ2n) is 5.11. The molecular weight excluding hydrogens is 484 g/mol. The Morgan fingerprint density at radius 3 is 2.20 bits per heavy atom. The van der Waals surface area contributed by atoms with E-state index in [9.17, 15) is 0 Å². The summed E-state index contributed by atoms with van der Waals surface area (Å²) in [5.41, 5.74) is 3.84. The first-order chi connectivity index (χ1) is 12.2. The van der Waals surface area contributed by atoms with Gasteiger partial charge in [0.05, 0.1) is 13.3 Å². The highest BCUT2D eigenvalue weighted by atomic mass is 79.9. The number of hydrazone groups is 1. The van der Waals surface area contributed by atoms with Crippen molar-refractivity contribution in [3.05, 3.63) is 53.7 Å². The van der Waals surface area contributed by atoms with Crippen molar-refractivity contribution in [3.8, 4) is 0 Å². The molecule has 2 aromatic heterocycles. The smallest absolute Gasteiger partial charge is 0.212 e. The summed E-state index contributed by atoms with van der Waals surface area (Å²) >= 11 is 10.3. The third-order valence-corrected chi connectivity index (χ3v) is 6.39. The average Bonchev–Trinajstić information content (AvgIpc) is 3.23. The number of nitrogens with one attached hydrogen (secondary N) is 2. The molecule has 1 aliphatic heterocycles. The van der Waals surface area contributed by atoms with E-state index in [0.717, 1.165) is 38.8 Å². The number of halogens is 2. The van der Waals surface area contributed by atoms with Crippen molar-refractivity contribution < 1.29 is 0 Å². The molecule has 0 radical (unpaired) electrons.